The molecule has 2 aromatic heterocycles. The second kappa shape index (κ2) is 17.6. The van der Waals surface area contributed by atoms with E-state index in [9.17, 15) is 0 Å². The number of unbranched alkanes of at least 4 members (excludes halogenated alkanes) is 10. The summed E-state index contributed by atoms with van der Waals surface area (Å²) in [6, 6.07) is 26.4. The predicted octanol–water partition coefficient (Wildman–Crippen LogP) is 14.3. The summed E-state index contributed by atoms with van der Waals surface area (Å²) in [5.74, 6) is 0. The molecule has 7 rings (SSSR count). The number of aryl methyl sites for hydroxylation is 2. The van der Waals surface area contributed by atoms with E-state index < -0.39 is 0 Å². The quantitative estimate of drug-likeness (QED) is 0.0819. The van der Waals surface area contributed by atoms with Gasteiger partial charge in [-0.25, -0.2) is 9.97 Å². The zero-order valence-corrected chi connectivity index (χ0v) is 33.7. The zero-order valence-electron chi connectivity index (χ0n) is 32.1. The molecule has 4 aromatic carbocycles. The Kier molecular flexibility index (Phi) is 12.5. The van der Waals surface area contributed by atoms with Crippen LogP contribution in [0.1, 0.15) is 126 Å². The molecule has 53 heavy (non-hydrogen) atoms. The van der Waals surface area contributed by atoms with Crippen molar-refractivity contribution in [2.75, 3.05) is 0 Å². The van der Waals surface area contributed by atoms with Crippen LogP contribution in [0.25, 0.3) is 33.2 Å². The fourth-order valence-electron chi connectivity index (χ4n) is 8.26. The van der Waals surface area contributed by atoms with E-state index in [-0.39, 0.29) is 5.41 Å². The molecule has 4 nitrogen and oxygen atoms in total. The zero-order chi connectivity index (χ0) is 36.6. The molecule has 0 radical (unpaired) electrons. The van der Waals surface area contributed by atoms with Crippen molar-refractivity contribution in [3.05, 3.63) is 107 Å². The highest BCUT2D eigenvalue weighted by Crippen LogP contribution is 2.57. The first-order valence-electron chi connectivity index (χ1n) is 20.1. The number of nitrogens with zero attached hydrogens (tertiary/aromatic N) is 4. The lowest BCUT2D eigenvalue weighted by Gasteiger charge is -2.33. The molecule has 0 saturated carbocycles. The molecular weight excluding hydrogens is 685 g/mol. The van der Waals surface area contributed by atoms with Gasteiger partial charge in [0.05, 0.1) is 34.5 Å². The van der Waals surface area contributed by atoms with E-state index in [0.29, 0.717) is 0 Å². The monoisotopic (exact) mass is 738 g/mol. The average molecular weight is 739 g/mol. The van der Waals surface area contributed by atoms with Crippen LogP contribution in [0.15, 0.2) is 105 Å². The van der Waals surface area contributed by atoms with Crippen LogP contribution in [0.2, 0.25) is 0 Å². The summed E-state index contributed by atoms with van der Waals surface area (Å²) in [6.07, 6.45) is 22.1. The number of fused-ring (bicyclic) bond motifs is 5. The number of benzene rings is 4. The summed E-state index contributed by atoms with van der Waals surface area (Å²) >= 11 is 3.48. The van der Waals surface area contributed by atoms with Gasteiger partial charge in [-0.15, -0.1) is 0 Å². The summed E-state index contributed by atoms with van der Waals surface area (Å²) in [7, 11) is 0. The van der Waals surface area contributed by atoms with Gasteiger partial charge in [0, 0.05) is 15.2 Å². The SMILES string of the molecule is CCCCCCCCC1(CCCCCCCC)c2cc(C)c(Sc3cnc4ccccc4n3)cc2-c2cc(Sc3cnc4ccccc4n3)c(C)cc21. The molecule has 0 N–H and O–H groups in total. The Morgan fingerprint density at radius 1 is 0.491 bits per heavy atom. The van der Waals surface area contributed by atoms with Gasteiger partial charge < -0.3 is 0 Å². The van der Waals surface area contributed by atoms with Gasteiger partial charge in [0.15, 0.2) is 0 Å². The van der Waals surface area contributed by atoms with Gasteiger partial charge in [-0.3, -0.25) is 9.97 Å². The van der Waals surface area contributed by atoms with Crippen LogP contribution in [-0.4, -0.2) is 19.9 Å². The summed E-state index contributed by atoms with van der Waals surface area (Å²) in [4.78, 5) is 22.0. The lowest BCUT2D eigenvalue weighted by Crippen LogP contribution is -2.26. The first-order chi connectivity index (χ1) is 26.0. The Morgan fingerprint density at radius 3 is 1.32 bits per heavy atom. The van der Waals surface area contributed by atoms with Crippen LogP contribution in [0.4, 0.5) is 0 Å². The molecule has 0 amide bonds. The topological polar surface area (TPSA) is 51.6 Å². The van der Waals surface area contributed by atoms with E-state index in [2.05, 4.69) is 64.1 Å². The van der Waals surface area contributed by atoms with Crippen molar-refractivity contribution in [1.29, 1.82) is 0 Å². The van der Waals surface area contributed by atoms with Gasteiger partial charge in [0.25, 0.3) is 0 Å². The van der Waals surface area contributed by atoms with E-state index >= 15 is 0 Å². The minimum absolute atomic E-state index is 0.0214. The van der Waals surface area contributed by atoms with Crippen molar-refractivity contribution >= 4 is 45.6 Å². The fraction of sp³-hybridized carbons (Fsp3) is 0.404. The minimum Gasteiger partial charge on any atom is -0.252 e. The molecule has 0 fully saturated rings. The van der Waals surface area contributed by atoms with Crippen LogP contribution < -0.4 is 0 Å². The van der Waals surface area contributed by atoms with E-state index in [1.807, 2.05) is 48.8 Å². The van der Waals surface area contributed by atoms with Gasteiger partial charge in [-0.05, 0) is 96.5 Å². The standard InChI is InChI=1S/C47H54N4S2/c1-5-7-9-11-13-19-25-47(26-20-14-12-10-8-6-2)37-27-33(3)43(52-45-31-48-39-21-15-17-23-41(39)50-45)29-35(37)36-30-44(34(4)28-38(36)47)53-46-32-49-40-22-16-18-24-42(40)51-46/h15-18,21-24,27-32H,5-14,19-20,25-26H2,1-4H3. The van der Waals surface area contributed by atoms with Crippen molar-refractivity contribution < 1.29 is 0 Å². The van der Waals surface area contributed by atoms with Crippen LogP contribution >= 0.6 is 23.5 Å². The smallest absolute Gasteiger partial charge is 0.120 e. The Balaban J connectivity index is 1.29. The summed E-state index contributed by atoms with van der Waals surface area (Å²) in [5.41, 5.74) is 12.3. The third-order valence-corrected chi connectivity index (χ3v) is 13.3. The summed E-state index contributed by atoms with van der Waals surface area (Å²) < 4.78 is 0. The summed E-state index contributed by atoms with van der Waals surface area (Å²) in [6.45, 7) is 9.21. The Morgan fingerprint density at radius 2 is 0.887 bits per heavy atom. The third-order valence-electron chi connectivity index (χ3n) is 11.1. The second-order valence-corrected chi connectivity index (χ2v) is 17.2. The first-order valence-corrected chi connectivity index (χ1v) is 21.7. The number of para-hydroxylation sites is 4. The third kappa shape index (κ3) is 8.49. The first kappa shape index (κ1) is 37.6. The van der Waals surface area contributed by atoms with Crippen molar-refractivity contribution in [2.45, 2.75) is 143 Å². The highest BCUT2D eigenvalue weighted by atomic mass is 32.2. The van der Waals surface area contributed by atoms with Crippen LogP contribution in [0.3, 0.4) is 0 Å². The van der Waals surface area contributed by atoms with Crippen molar-refractivity contribution in [3.63, 3.8) is 0 Å². The fourth-order valence-corrected chi connectivity index (χ4v) is 10.0. The van der Waals surface area contributed by atoms with Gasteiger partial charge in [-0.1, -0.05) is 151 Å². The predicted molar refractivity (Wildman–Crippen MR) is 225 cm³/mol. The van der Waals surface area contributed by atoms with E-state index in [4.69, 9.17) is 19.9 Å². The van der Waals surface area contributed by atoms with Crippen molar-refractivity contribution in [2.24, 2.45) is 0 Å². The molecule has 0 saturated heterocycles. The lowest BCUT2D eigenvalue weighted by atomic mass is 9.70. The van der Waals surface area contributed by atoms with E-state index in [1.165, 1.54) is 133 Å². The molecule has 6 heteroatoms. The molecular formula is C47H54N4S2. The Hall–Kier alpha value is -3.74. The normalized spacial score (nSPS) is 13.1. The van der Waals surface area contributed by atoms with Crippen molar-refractivity contribution in [3.8, 4) is 11.1 Å². The molecule has 6 aromatic rings. The van der Waals surface area contributed by atoms with Gasteiger partial charge in [0.1, 0.15) is 10.1 Å². The highest BCUT2D eigenvalue weighted by molar-refractivity contribution is 7.99. The molecule has 0 spiro atoms. The van der Waals surface area contributed by atoms with Crippen LogP contribution in [0.5, 0.6) is 0 Å². The lowest BCUT2D eigenvalue weighted by molar-refractivity contribution is 0.397. The molecule has 1 aliphatic rings. The number of hydrogen-bond acceptors (Lipinski definition) is 6. The molecule has 274 valence electrons. The number of hydrogen-bond donors (Lipinski definition) is 0. The molecule has 0 unspecified atom stereocenters. The molecule has 0 atom stereocenters. The number of rotatable bonds is 18. The maximum Gasteiger partial charge on any atom is 0.120 e. The maximum atomic E-state index is 5.00. The molecule has 2 heterocycles. The van der Waals surface area contributed by atoms with Gasteiger partial charge in [-0.2, -0.15) is 0 Å². The van der Waals surface area contributed by atoms with E-state index in [1.54, 1.807) is 23.5 Å². The maximum absolute atomic E-state index is 5.00. The van der Waals surface area contributed by atoms with Gasteiger partial charge in [0.2, 0.25) is 0 Å². The van der Waals surface area contributed by atoms with E-state index in [0.717, 1.165) is 32.1 Å². The average Bonchev–Trinajstić information content (AvgIpc) is 3.41. The largest absolute Gasteiger partial charge is 0.252 e. The minimum atomic E-state index is 0.0214. The Labute approximate surface area is 325 Å². The second-order valence-electron chi connectivity index (χ2n) is 15.0. The Bertz CT molecular complexity index is 2020. The summed E-state index contributed by atoms with van der Waals surface area (Å²) in [5, 5.41) is 1.87. The molecule has 0 bridgehead atoms. The number of aromatic nitrogens is 4. The molecule has 0 aliphatic heterocycles. The van der Waals surface area contributed by atoms with Crippen LogP contribution in [-0.2, 0) is 5.41 Å². The highest BCUT2D eigenvalue weighted by Gasteiger charge is 2.43. The molecule has 1 aliphatic carbocycles. The van der Waals surface area contributed by atoms with Gasteiger partial charge >= 0.3 is 0 Å². The van der Waals surface area contributed by atoms with Crippen molar-refractivity contribution in [1.82, 2.24) is 19.9 Å². The van der Waals surface area contributed by atoms with Crippen LogP contribution in [0, 0.1) is 13.8 Å².